The summed E-state index contributed by atoms with van der Waals surface area (Å²) < 4.78 is 15.9. The van der Waals surface area contributed by atoms with Crippen LogP contribution >= 0.6 is 0 Å². The minimum absolute atomic E-state index is 0.245. The summed E-state index contributed by atoms with van der Waals surface area (Å²) in [6.45, 7) is 2.32. The summed E-state index contributed by atoms with van der Waals surface area (Å²) in [5, 5.41) is 4.67. The number of aromatic nitrogens is 4. The fourth-order valence-corrected chi connectivity index (χ4v) is 2.79. The number of aryl methyl sites for hydroxylation is 1. The van der Waals surface area contributed by atoms with Gasteiger partial charge in [0.15, 0.2) is 0 Å². The Bertz CT molecular complexity index is 1020. The van der Waals surface area contributed by atoms with E-state index in [2.05, 4.69) is 15.1 Å². The van der Waals surface area contributed by atoms with Crippen molar-refractivity contribution in [3.8, 4) is 22.8 Å². The van der Waals surface area contributed by atoms with Crippen molar-refractivity contribution in [2.24, 2.45) is 0 Å². The number of rotatable bonds is 4. The number of halogens is 1. The highest BCUT2D eigenvalue weighted by Crippen LogP contribution is 2.25. The molecule has 0 bridgehead atoms. The van der Waals surface area contributed by atoms with Gasteiger partial charge in [-0.1, -0.05) is 30.3 Å². The first-order chi connectivity index (χ1) is 12.7. The Morgan fingerprint density at radius 1 is 0.885 bits per heavy atom. The van der Waals surface area contributed by atoms with Crippen LogP contribution in [0.5, 0.6) is 0 Å². The lowest BCUT2D eigenvalue weighted by Gasteiger charge is -2.08. The molecule has 4 aromatic rings. The molecule has 0 aliphatic rings. The maximum atomic E-state index is 14.1. The molecule has 3 heterocycles. The molecule has 5 heteroatoms. The van der Waals surface area contributed by atoms with Crippen molar-refractivity contribution in [1.29, 1.82) is 0 Å². The number of nitrogens with zero attached hydrogens (tertiary/aromatic N) is 4. The summed E-state index contributed by atoms with van der Waals surface area (Å²) in [6.07, 6.45) is 3.55. The molecule has 0 atom stereocenters. The highest BCUT2D eigenvalue weighted by atomic mass is 19.1. The summed E-state index contributed by atoms with van der Waals surface area (Å²) in [4.78, 5) is 8.87. The predicted molar refractivity (Wildman–Crippen MR) is 98.9 cm³/mol. The molecular formula is C21H17FN4. The molecule has 0 N–H and O–H groups in total. The number of benzene rings is 1. The Hall–Kier alpha value is -3.34. The summed E-state index contributed by atoms with van der Waals surface area (Å²) >= 11 is 0. The lowest BCUT2D eigenvalue weighted by Crippen LogP contribution is -2.06. The number of pyridine rings is 2. The van der Waals surface area contributed by atoms with Crippen LogP contribution in [0.4, 0.5) is 4.39 Å². The van der Waals surface area contributed by atoms with E-state index in [1.165, 1.54) is 6.07 Å². The highest BCUT2D eigenvalue weighted by molar-refractivity contribution is 5.64. The predicted octanol–water partition coefficient (Wildman–Crippen LogP) is 4.50. The van der Waals surface area contributed by atoms with E-state index in [0.29, 0.717) is 12.1 Å². The average molecular weight is 344 g/mol. The Labute approximate surface area is 151 Å². The molecule has 0 spiro atoms. The van der Waals surface area contributed by atoms with Gasteiger partial charge in [-0.15, -0.1) is 0 Å². The molecule has 1 aromatic carbocycles. The van der Waals surface area contributed by atoms with Crippen molar-refractivity contribution in [2.75, 3.05) is 0 Å². The zero-order valence-electron chi connectivity index (χ0n) is 14.3. The second-order valence-corrected chi connectivity index (χ2v) is 6.10. The Balaban J connectivity index is 1.80. The van der Waals surface area contributed by atoms with Gasteiger partial charge in [-0.2, -0.15) is 5.10 Å². The molecule has 0 radical (unpaired) electrons. The molecule has 0 fully saturated rings. The van der Waals surface area contributed by atoms with E-state index in [-0.39, 0.29) is 5.82 Å². The van der Waals surface area contributed by atoms with E-state index < -0.39 is 0 Å². The summed E-state index contributed by atoms with van der Waals surface area (Å²) in [5.74, 6) is -0.245. The largest absolute Gasteiger partial charge is 0.258 e. The van der Waals surface area contributed by atoms with Crippen molar-refractivity contribution in [3.05, 3.63) is 90.0 Å². The Morgan fingerprint density at radius 3 is 2.46 bits per heavy atom. The molecule has 0 saturated carbocycles. The lowest BCUT2D eigenvalue weighted by atomic mass is 10.2. The average Bonchev–Trinajstić information content (AvgIpc) is 3.09. The van der Waals surface area contributed by atoms with Crippen LogP contribution < -0.4 is 0 Å². The minimum Gasteiger partial charge on any atom is -0.258 e. The maximum absolute atomic E-state index is 14.1. The van der Waals surface area contributed by atoms with Crippen LogP contribution in [0.2, 0.25) is 0 Å². The highest BCUT2D eigenvalue weighted by Gasteiger charge is 2.14. The van der Waals surface area contributed by atoms with Crippen molar-refractivity contribution in [3.63, 3.8) is 0 Å². The van der Waals surface area contributed by atoms with E-state index >= 15 is 0 Å². The molecule has 0 amide bonds. The lowest BCUT2D eigenvalue weighted by molar-refractivity contribution is 0.587. The van der Waals surface area contributed by atoms with E-state index in [0.717, 1.165) is 28.3 Å². The van der Waals surface area contributed by atoms with Gasteiger partial charge in [0, 0.05) is 18.0 Å². The molecule has 0 saturated heterocycles. The van der Waals surface area contributed by atoms with Gasteiger partial charge in [-0.25, -0.2) is 4.39 Å². The van der Waals surface area contributed by atoms with Crippen LogP contribution in [-0.2, 0) is 6.54 Å². The molecule has 3 aromatic heterocycles. The first-order valence-electron chi connectivity index (χ1n) is 8.36. The topological polar surface area (TPSA) is 43.6 Å². The third-order valence-corrected chi connectivity index (χ3v) is 4.16. The molecule has 4 rings (SSSR count). The molecular weight excluding hydrogens is 327 g/mol. The molecule has 0 unspecified atom stereocenters. The Kier molecular flexibility index (Phi) is 4.27. The van der Waals surface area contributed by atoms with Crippen LogP contribution in [-0.4, -0.2) is 19.7 Å². The van der Waals surface area contributed by atoms with Crippen molar-refractivity contribution in [2.45, 2.75) is 13.5 Å². The van der Waals surface area contributed by atoms with Crippen molar-refractivity contribution >= 4 is 0 Å². The standard InChI is InChI=1S/C21H17FN4/c1-15-9-10-18(24-13-15)20-12-21(19-8-4-5-11-23-19)26(25-20)14-16-6-2-3-7-17(16)22/h2-13H,14H2,1H3. The third kappa shape index (κ3) is 3.24. The fraction of sp³-hybridized carbons (Fsp3) is 0.0952. The van der Waals surface area contributed by atoms with E-state index in [9.17, 15) is 4.39 Å². The quantitative estimate of drug-likeness (QED) is 0.547. The van der Waals surface area contributed by atoms with E-state index in [1.54, 1.807) is 23.0 Å². The summed E-state index contributed by atoms with van der Waals surface area (Å²) in [5.41, 5.74) is 4.80. The molecule has 26 heavy (non-hydrogen) atoms. The zero-order valence-corrected chi connectivity index (χ0v) is 14.3. The smallest absolute Gasteiger partial charge is 0.128 e. The first-order valence-corrected chi connectivity index (χ1v) is 8.36. The van der Waals surface area contributed by atoms with Gasteiger partial charge in [-0.3, -0.25) is 14.6 Å². The third-order valence-electron chi connectivity index (χ3n) is 4.16. The maximum Gasteiger partial charge on any atom is 0.128 e. The molecule has 0 aliphatic heterocycles. The normalized spacial score (nSPS) is 10.8. The molecule has 0 aliphatic carbocycles. The van der Waals surface area contributed by atoms with Crippen LogP contribution in [0.25, 0.3) is 22.8 Å². The SMILES string of the molecule is Cc1ccc(-c2cc(-c3ccccn3)n(Cc3ccccc3F)n2)nc1. The Morgan fingerprint density at radius 2 is 1.73 bits per heavy atom. The van der Waals surface area contributed by atoms with Crippen LogP contribution in [0.15, 0.2) is 73.1 Å². The summed E-state index contributed by atoms with van der Waals surface area (Å²) in [7, 11) is 0. The van der Waals surface area contributed by atoms with Crippen LogP contribution in [0.1, 0.15) is 11.1 Å². The zero-order chi connectivity index (χ0) is 17.9. The van der Waals surface area contributed by atoms with Gasteiger partial charge in [0.2, 0.25) is 0 Å². The van der Waals surface area contributed by atoms with Crippen LogP contribution in [0.3, 0.4) is 0 Å². The molecule has 128 valence electrons. The van der Waals surface area contributed by atoms with Gasteiger partial charge < -0.3 is 0 Å². The first kappa shape index (κ1) is 16.1. The molecule has 4 nitrogen and oxygen atoms in total. The van der Waals surface area contributed by atoms with E-state index in [1.807, 2.05) is 55.6 Å². The minimum atomic E-state index is -0.245. The summed E-state index contributed by atoms with van der Waals surface area (Å²) in [6, 6.07) is 18.3. The monoisotopic (exact) mass is 344 g/mol. The van der Waals surface area contributed by atoms with Gasteiger partial charge in [0.05, 0.1) is 23.6 Å². The number of hydrogen-bond donors (Lipinski definition) is 0. The second kappa shape index (κ2) is 6.88. The number of hydrogen-bond acceptors (Lipinski definition) is 3. The van der Waals surface area contributed by atoms with Gasteiger partial charge in [0.1, 0.15) is 11.5 Å². The van der Waals surface area contributed by atoms with Crippen molar-refractivity contribution < 1.29 is 4.39 Å². The van der Waals surface area contributed by atoms with Gasteiger partial charge >= 0.3 is 0 Å². The van der Waals surface area contributed by atoms with Gasteiger partial charge in [-0.05, 0) is 42.8 Å². The second-order valence-electron chi connectivity index (χ2n) is 6.10. The fourth-order valence-electron chi connectivity index (χ4n) is 2.79. The van der Waals surface area contributed by atoms with Gasteiger partial charge in [0.25, 0.3) is 0 Å². The van der Waals surface area contributed by atoms with Crippen molar-refractivity contribution in [1.82, 2.24) is 19.7 Å². The van der Waals surface area contributed by atoms with E-state index in [4.69, 9.17) is 0 Å². The van der Waals surface area contributed by atoms with Crippen LogP contribution in [0, 0.1) is 12.7 Å².